The van der Waals surface area contributed by atoms with E-state index in [1.54, 1.807) is 12.1 Å². The predicted molar refractivity (Wildman–Crippen MR) is 109 cm³/mol. The van der Waals surface area contributed by atoms with Gasteiger partial charge >= 0.3 is 0 Å². The van der Waals surface area contributed by atoms with Crippen LogP contribution in [0.1, 0.15) is 45.7 Å². The van der Waals surface area contributed by atoms with Crippen LogP contribution >= 0.6 is 0 Å². The number of sulfonamides is 1. The maximum absolute atomic E-state index is 12.7. The monoisotopic (exact) mass is 390 g/mol. The summed E-state index contributed by atoms with van der Waals surface area (Å²) in [6.45, 7) is 10.6. The first-order valence-electron chi connectivity index (χ1n) is 9.15. The van der Waals surface area contributed by atoms with Crippen molar-refractivity contribution in [1.82, 2.24) is 10.0 Å². The van der Waals surface area contributed by atoms with Gasteiger partial charge in [0.2, 0.25) is 10.0 Å². The molecule has 2 aromatic rings. The van der Waals surface area contributed by atoms with E-state index >= 15 is 0 Å². The molecule has 0 aliphatic rings. The summed E-state index contributed by atoms with van der Waals surface area (Å²) in [5.41, 5.74) is 1.33. The number of hydrogen-bond donors (Lipinski definition) is 2. The van der Waals surface area contributed by atoms with E-state index in [1.807, 2.05) is 71.0 Å². The Balaban J connectivity index is 2.03. The molecule has 0 amide bonds. The Morgan fingerprint density at radius 1 is 0.963 bits per heavy atom. The molecular weight excluding hydrogens is 360 g/mol. The molecule has 0 saturated heterocycles. The van der Waals surface area contributed by atoms with Crippen LogP contribution in [0.2, 0.25) is 0 Å². The van der Waals surface area contributed by atoms with E-state index in [0.717, 1.165) is 16.9 Å². The predicted octanol–water partition coefficient (Wildman–Crippen LogP) is 3.84. The molecule has 0 radical (unpaired) electrons. The number of rotatable bonds is 8. The first-order chi connectivity index (χ1) is 12.6. The van der Waals surface area contributed by atoms with Crippen LogP contribution in [-0.4, -0.2) is 20.1 Å². The third-order valence-electron chi connectivity index (χ3n) is 3.64. The van der Waals surface area contributed by atoms with Crippen LogP contribution in [0.4, 0.5) is 0 Å². The molecule has 27 heavy (non-hydrogen) atoms. The number of ether oxygens (including phenoxy) is 1. The largest absolute Gasteiger partial charge is 0.491 e. The van der Waals surface area contributed by atoms with Gasteiger partial charge in [0.25, 0.3) is 0 Å². The van der Waals surface area contributed by atoms with Gasteiger partial charge in [-0.25, -0.2) is 13.1 Å². The van der Waals surface area contributed by atoms with Gasteiger partial charge in [0, 0.05) is 18.6 Å². The zero-order chi connectivity index (χ0) is 20.1. The highest BCUT2D eigenvalue weighted by Gasteiger charge is 2.23. The fourth-order valence-electron chi connectivity index (χ4n) is 2.67. The lowest BCUT2D eigenvalue weighted by molar-refractivity contribution is 0.242. The van der Waals surface area contributed by atoms with Gasteiger partial charge in [-0.15, -0.1) is 0 Å². The second-order valence-electron chi connectivity index (χ2n) is 7.88. The highest BCUT2D eigenvalue weighted by molar-refractivity contribution is 7.89. The normalized spacial score (nSPS) is 12.4. The minimum absolute atomic E-state index is 0.147. The van der Waals surface area contributed by atoms with Gasteiger partial charge in [0.15, 0.2) is 0 Å². The fraction of sp³-hybridized carbons (Fsp3) is 0.429. The van der Waals surface area contributed by atoms with Crippen LogP contribution in [-0.2, 0) is 23.1 Å². The molecule has 0 aliphatic heterocycles. The van der Waals surface area contributed by atoms with Gasteiger partial charge in [-0.3, -0.25) is 0 Å². The second kappa shape index (κ2) is 8.87. The van der Waals surface area contributed by atoms with Crippen LogP contribution in [0.3, 0.4) is 0 Å². The minimum Gasteiger partial charge on any atom is -0.491 e. The summed E-state index contributed by atoms with van der Waals surface area (Å²) < 4.78 is 33.7. The molecule has 5 nitrogen and oxygen atoms in total. The lowest BCUT2D eigenvalue weighted by Gasteiger charge is -2.21. The highest BCUT2D eigenvalue weighted by atomic mass is 32.2. The number of benzene rings is 2. The SMILES string of the molecule is CC(C)Oc1ccc(CNCc2ccccc2S(=O)(=O)NC(C)(C)C)cc1. The maximum atomic E-state index is 12.7. The summed E-state index contributed by atoms with van der Waals surface area (Å²) in [7, 11) is -3.57. The van der Waals surface area contributed by atoms with E-state index in [1.165, 1.54) is 0 Å². The molecule has 2 N–H and O–H groups in total. The Kier molecular flexibility index (Phi) is 7.03. The van der Waals surface area contributed by atoms with E-state index in [4.69, 9.17) is 4.74 Å². The molecule has 0 atom stereocenters. The van der Waals surface area contributed by atoms with Crippen molar-refractivity contribution in [3.05, 3.63) is 59.7 Å². The van der Waals surface area contributed by atoms with Crippen molar-refractivity contribution in [2.24, 2.45) is 0 Å². The van der Waals surface area contributed by atoms with Crippen molar-refractivity contribution in [2.45, 2.75) is 64.2 Å². The Labute approximate surface area is 163 Å². The van der Waals surface area contributed by atoms with Crippen LogP contribution in [0.5, 0.6) is 5.75 Å². The standard InChI is InChI=1S/C21H30N2O3S/c1-16(2)26-19-12-10-17(11-13-19)14-22-15-18-8-6-7-9-20(18)27(24,25)23-21(3,4)5/h6-13,16,22-23H,14-15H2,1-5H3. The average molecular weight is 391 g/mol. The van der Waals surface area contributed by atoms with E-state index in [-0.39, 0.29) is 6.10 Å². The zero-order valence-electron chi connectivity index (χ0n) is 16.7. The van der Waals surface area contributed by atoms with Crippen molar-refractivity contribution in [2.75, 3.05) is 0 Å². The molecule has 6 heteroatoms. The van der Waals surface area contributed by atoms with E-state index < -0.39 is 15.6 Å². The van der Waals surface area contributed by atoms with Crippen LogP contribution in [0, 0.1) is 0 Å². The first kappa shape index (κ1) is 21.4. The third-order valence-corrected chi connectivity index (χ3v) is 5.50. The van der Waals surface area contributed by atoms with Crippen molar-refractivity contribution < 1.29 is 13.2 Å². The summed E-state index contributed by atoms with van der Waals surface area (Å²) in [4.78, 5) is 0.313. The lowest BCUT2D eigenvalue weighted by Crippen LogP contribution is -2.40. The Bertz CT molecular complexity index is 838. The van der Waals surface area contributed by atoms with Crippen LogP contribution < -0.4 is 14.8 Å². The Hall–Kier alpha value is -1.89. The summed E-state index contributed by atoms with van der Waals surface area (Å²) in [5, 5.41) is 3.32. The Morgan fingerprint density at radius 2 is 1.59 bits per heavy atom. The molecule has 0 aromatic heterocycles. The molecule has 148 valence electrons. The van der Waals surface area contributed by atoms with Crippen molar-refractivity contribution in [3.8, 4) is 5.75 Å². The van der Waals surface area contributed by atoms with Crippen LogP contribution in [0.15, 0.2) is 53.4 Å². The fourth-order valence-corrected chi connectivity index (χ4v) is 4.33. The first-order valence-corrected chi connectivity index (χ1v) is 10.6. The summed E-state index contributed by atoms with van der Waals surface area (Å²) in [5.74, 6) is 0.846. The van der Waals surface area contributed by atoms with Gasteiger partial charge in [-0.2, -0.15) is 0 Å². The molecule has 0 heterocycles. The van der Waals surface area contributed by atoms with Gasteiger partial charge in [0.1, 0.15) is 5.75 Å². The lowest BCUT2D eigenvalue weighted by atomic mass is 10.1. The highest BCUT2D eigenvalue weighted by Crippen LogP contribution is 2.18. The van der Waals surface area contributed by atoms with Gasteiger partial charge in [-0.05, 0) is 63.9 Å². The molecule has 0 unspecified atom stereocenters. The molecule has 2 rings (SSSR count). The third kappa shape index (κ3) is 6.97. The molecule has 0 spiro atoms. The summed E-state index contributed by atoms with van der Waals surface area (Å²) >= 11 is 0. The quantitative estimate of drug-likeness (QED) is 0.719. The number of nitrogens with one attached hydrogen (secondary N) is 2. The molecular formula is C21H30N2O3S. The maximum Gasteiger partial charge on any atom is 0.241 e. The van der Waals surface area contributed by atoms with Crippen molar-refractivity contribution in [3.63, 3.8) is 0 Å². The van der Waals surface area contributed by atoms with Gasteiger partial charge < -0.3 is 10.1 Å². The molecule has 0 aliphatic carbocycles. The second-order valence-corrected chi connectivity index (χ2v) is 9.53. The average Bonchev–Trinajstić information content (AvgIpc) is 2.54. The molecule has 0 bridgehead atoms. The summed E-state index contributed by atoms with van der Waals surface area (Å²) in [6, 6.07) is 15.0. The smallest absolute Gasteiger partial charge is 0.241 e. The zero-order valence-corrected chi connectivity index (χ0v) is 17.6. The van der Waals surface area contributed by atoms with E-state index in [9.17, 15) is 8.42 Å². The number of hydrogen-bond acceptors (Lipinski definition) is 4. The molecule has 0 saturated carbocycles. The Morgan fingerprint density at radius 3 is 2.19 bits per heavy atom. The minimum atomic E-state index is -3.57. The van der Waals surface area contributed by atoms with Crippen molar-refractivity contribution in [1.29, 1.82) is 0 Å². The topological polar surface area (TPSA) is 67.4 Å². The van der Waals surface area contributed by atoms with E-state index in [2.05, 4.69) is 10.0 Å². The van der Waals surface area contributed by atoms with Crippen LogP contribution in [0.25, 0.3) is 0 Å². The molecule has 2 aromatic carbocycles. The molecule has 0 fully saturated rings. The van der Waals surface area contributed by atoms with Gasteiger partial charge in [0.05, 0.1) is 11.0 Å². The van der Waals surface area contributed by atoms with E-state index in [0.29, 0.717) is 18.0 Å². The van der Waals surface area contributed by atoms with Gasteiger partial charge in [-0.1, -0.05) is 30.3 Å². The summed E-state index contributed by atoms with van der Waals surface area (Å²) in [6.07, 6.45) is 0.147. The van der Waals surface area contributed by atoms with Crippen molar-refractivity contribution >= 4 is 10.0 Å².